The number of benzene rings is 1. The molecule has 0 spiro atoms. The number of aliphatic hydroxyl groups excluding tert-OH is 1. The summed E-state index contributed by atoms with van der Waals surface area (Å²) in [5, 5.41) is 9.02. The van der Waals surface area contributed by atoms with Gasteiger partial charge in [0.15, 0.2) is 0 Å². The summed E-state index contributed by atoms with van der Waals surface area (Å²) in [6.07, 6.45) is 0.256. The summed E-state index contributed by atoms with van der Waals surface area (Å²) in [5.41, 5.74) is 2.69. The Hall–Kier alpha value is -1.76. The zero-order valence-electron chi connectivity index (χ0n) is 14.4. The highest BCUT2D eigenvalue weighted by Gasteiger charge is 2.43. The predicted molar refractivity (Wildman–Crippen MR) is 91.9 cm³/mol. The van der Waals surface area contributed by atoms with Gasteiger partial charge in [0.05, 0.1) is 24.8 Å². The van der Waals surface area contributed by atoms with Crippen LogP contribution in [0.3, 0.4) is 0 Å². The minimum Gasteiger partial charge on any atom is -0.395 e. The Morgan fingerprint density at radius 3 is 2.50 bits per heavy atom. The second-order valence-corrected chi connectivity index (χ2v) is 6.68. The number of aliphatic hydroxyl groups is 1. The molecule has 0 aromatic heterocycles. The first-order valence-corrected chi connectivity index (χ1v) is 8.52. The zero-order chi connectivity index (χ0) is 17.3. The highest BCUT2D eigenvalue weighted by atomic mass is 16.3. The molecule has 2 amide bonds. The second-order valence-electron chi connectivity index (χ2n) is 6.68. The van der Waals surface area contributed by atoms with E-state index in [4.69, 9.17) is 5.11 Å². The molecule has 0 unspecified atom stereocenters. The van der Waals surface area contributed by atoms with Crippen molar-refractivity contribution in [2.45, 2.75) is 26.3 Å². The largest absolute Gasteiger partial charge is 0.395 e. The monoisotopic (exact) mass is 331 g/mol. The van der Waals surface area contributed by atoms with Crippen molar-refractivity contribution in [3.8, 4) is 0 Å². The van der Waals surface area contributed by atoms with Crippen molar-refractivity contribution < 1.29 is 14.7 Å². The van der Waals surface area contributed by atoms with Crippen molar-refractivity contribution in [2.75, 3.05) is 44.2 Å². The van der Waals surface area contributed by atoms with E-state index in [1.165, 1.54) is 4.90 Å². The third-order valence-corrected chi connectivity index (χ3v) is 4.99. The number of aryl methyl sites for hydroxylation is 2. The molecule has 6 nitrogen and oxygen atoms in total. The molecule has 0 saturated carbocycles. The number of anilines is 1. The van der Waals surface area contributed by atoms with Crippen molar-refractivity contribution in [3.05, 3.63) is 29.3 Å². The van der Waals surface area contributed by atoms with E-state index >= 15 is 0 Å². The molecule has 2 aliphatic rings. The molecule has 2 fully saturated rings. The Kier molecular flexibility index (Phi) is 4.99. The predicted octanol–water partition coefficient (Wildman–Crippen LogP) is 0.545. The molecule has 0 bridgehead atoms. The van der Waals surface area contributed by atoms with Gasteiger partial charge in [-0.2, -0.15) is 0 Å². The van der Waals surface area contributed by atoms with Crippen LogP contribution in [0.2, 0.25) is 0 Å². The van der Waals surface area contributed by atoms with E-state index in [9.17, 15) is 9.59 Å². The van der Waals surface area contributed by atoms with Crippen LogP contribution >= 0.6 is 0 Å². The lowest BCUT2D eigenvalue weighted by atomic mass is 10.1. The summed E-state index contributed by atoms with van der Waals surface area (Å²) in [7, 11) is 0. The van der Waals surface area contributed by atoms with Gasteiger partial charge in [0.2, 0.25) is 5.91 Å². The fraction of sp³-hybridized carbons (Fsp3) is 0.556. The van der Waals surface area contributed by atoms with Crippen LogP contribution in [-0.2, 0) is 9.59 Å². The summed E-state index contributed by atoms with van der Waals surface area (Å²) < 4.78 is 0. The van der Waals surface area contributed by atoms with Gasteiger partial charge in [-0.3, -0.25) is 19.4 Å². The third-order valence-electron chi connectivity index (χ3n) is 4.99. The number of hydrogen-bond donors (Lipinski definition) is 1. The van der Waals surface area contributed by atoms with Crippen LogP contribution in [0, 0.1) is 13.8 Å². The van der Waals surface area contributed by atoms with Crippen molar-refractivity contribution >= 4 is 17.5 Å². The van der Waals surface area contributed by atoms with Gasteiger partial charge in [0, 0.05) is 32.7 Å². The molecule has 24 heavy (non-hydrogen) atoms. The number of carbonyl (C=O) groups excluding carboxylic acids is 2. The molecule has 0 radical (unpaired) electrons. The number of amides is 2. The fourth-order valence-corrected chi connectivity index (χ4v) is 3.55. The standard InChI is InChI=1S/C18H25N3O3/c1-13-3-4-14(2)15(11-13)21-17(23)12-16(18(21)24)20-7-5-19(6-8-20)9-10-22/h3-4,11,16,22H,5-10,12H2,1-2H3/t16-/m0/s1. The Balaban J connectivity index is 1.74. The summed E-state index contributed by atoms with van der Waals surface area (Å²) >= 11 is 0. The molecule has 1 aromatic rings. The summed E-state index contributed by atoms with van der Waals surface area (Å²) in [5.74, 6) is -0.221. The van der Waals surface area contributed by atoms with Gasteiger partial charge >= 0.3 is 0 Å². The summed E-state index contributed by atoms with van der Waals surface area (Å²) in [6.45, 7) is 7.86. The average molecular weight is 331 g/mol. The lowest BCUT2D eigenvalue weighted by Gasteiger charge is -2.36. The van der Waals surface area contributed by atoms with Gasteiger partial charge in [-0.15, -0.1) is 0 Å². The minimum absolute atomic E-state index is 0.107. The van der Waals surface area contributed by atoms with E-state index in [1.54, 1.807) is 0 Å². The van der Waals surface area contributed by atoms with Crippen molar-refractivity contribution in [1.29, 1.82) is 0 Å². The molecular weight excluding hydrogens is 306 g/mol. The molecule has 1 aromatic carbocycles. The smallest absolute Gasteiger partial charge is 0.251 e. The number of carbonyl (C=O) groups is 2. The Bertz CT molecular complexity index is 638. The Morgan fingerprint density at radius 2 is 1.83 bits per heavy atom. The summed E-state index contributed by atoms with van der Waals surface area (Å²) in [4.78, 5) is 31.1. The molecule has 3 rings (SSSR count). The first-order valence-electron chi connectivity index (χ1n) is 8.52. The van der Waals surface area contributed by atoms with Gasteiger partial charge < -0.3 is 5.11 Å². The molecule has 1 atom stereocenters. The molecule has 2 saturated heterocycles. The van der Waals surface area contributed by atoms with Crippen LogP contribution in [0.4, 0.5) is 5.69 Å². The van der Waals surface area contributed by atoms with Gasteiger partial charge in [-0.1, -0.05) is 12.1 Å². The van der Waals surface area contributed by atoms with Gasteiger partial charge in [0.1, 0.15) is 0 Å². The van der Waals surface area contributed by atoms with E-state index in [2.05, 4.69) is 9.80 Å². The number of imide groups is 1. The van der Waals surface area contributed by atoms with Crippen LogP contribution in [0.1, 0.15) is 17.5 Å². The number of rotatable bonds is 4. The Morgan fingerprint density at radius 1 is 1.12 bits per heavy atom. The van der Waals surface area contributed by atoms with Crippen LogP contribution in [0.25, 0.3) is 0 Å². The topological polar surface area (TPSA) is 64.1 Å². The van der Waals surface area contributed by atoms with Crippen molar-refractivity contribution in [2.24, 2.45) is 0 Å². The highest BCUT2D eigenvalue weighted by Crippen LogP contribution is 2.29. The van der Waals surface area contributed by atoms with E-state index in [0.29, 0.717) is 12.2 Å². The molecule has 6 heteroatoms. The van der Waals surface area contributed by atoms with E-state index in [1.807, 2.05) is 32.0 Å². The quantitative estimate of drug-likeness (QED) is 0.816. The average Bonchev–Trinajstić information content (AvgIpc) is 2.86. The van der Waals surface area contributed by atoms with Crippen LogP contribution in [-0.4, -0.2) is 72.1 Å². The lowest BCUT2D eigenvalue weighted by molar-refractivity contribution is -0.123. The first kappa shape index (κ1) is 17.1. The number of piperazine rings is 1. The van der Waals surface area contributed by atoms with Crippen LogP contribution < -0.4 is 4.90 Å². The third kappa shape index (κ3) is 3.22. The van der Waals surface area contributed by atoms with Crippen LogP contribution in [0.15, 0.2) is 18.2 Å². The molecule has 2 heterocycles. The molecular formula is C18H25N3O3. The summed E-state index contributed by atoms with van der Waals surface area (Å²) in [6, 6.07) is 5.49. The molecule has 0 aliphatic carbocycles. The lowest BCUT2D eigenvalue weighted by Crippen LogP contribution is -2.53. The maximum atomic E-state index is 12.9. The Labute approximate surface area is 142 Å². The number of nitrogens with zero attached hydrogens (tertiary/aromatic N) is 3. The first-order chi connectivity index (χ1) is 11.5. The molecule has 1 N–H and O–H groups in total. The molecule has 130 valence electrons. The molecule has 2 aliphatic heterocycles. The van der Waals surface area contributed by atoms with E-state index in [-0.39, 0.29) is 30.9 Å². The normalized spacial score (nSPS) is 23.3. The second kappa shape index (κ2) is 7.01. The maximum absolute atomic E-state index is 12.9. The van der Waals surface area contributed by atoms with Crippen molar-refractivity contribution in [1.82, 2.24) is 9.80 Å². The maximum Gasteiger partial charge on any atom is 0.251 e. The number of hydrogen-bond acceptors (Lipinski definition) is 5. The van der Waals surface area contributed by atoms with E-state index < -0.39 is 0 Å². The number of β-amino-alcohol motifs (C(OH)–C–C–N with tert-alkyl or cyclic N) is 1. The van der Waals surface area contributed by atoms with E-state index in [0.717, 1.165) is 37.3 Å². The van der Waals surface area contributed by atoms with Gasteiger partial charge in [-0.25, -0.2) is 4.90 Å². The zero-order valence-corrected chi connectivity index (χ0v) is 14.4. The van der Waals surface area contributed by atoms with Crippen LogP contribution in [0.5, 0.6) is 0 Å². The SMILES string of the molecule is Cc1ccc(C)c(N2C(=O)C[C@H](N3CCN(CCO)CC3)C2=O)c1. The van der Waals surface area contributed by atoms with Gasteiger partial charge in [-0.05, 0) is 31.0 Å². The fourth-order valence-electron chi connectivity index (χ4n) is 3.55. The minimum atomic E-state index is -0.353. The van der Waals surface area contributed by atoms with Crippen molar-refractivity contribution in [3.63, 3.8) is 0 Å². The van der Waals surface area contributed by atoms with Gasteiger partial charge in [0.25, 0.3) is 5.91 Å². The highest BCUT2D eigenvalue weighted by molar-refractivity contribution is 6.22.